The summed E-state index contributed by atoms with van der Waals surface area (Å²) in [7, 11) is 0. The lowest BCUT2D eigenvalue weighted by molar-refractivity contribution is -0.107. The van der Waals surface area contributed by atoms with Gasteiger partial charge < -0.3 is 19.8 Å². The fourth-order valence-electron chi connectivity index (χ4n) is 3.02. The van der Waals surface area contributed by atoms with Crippen molar-refractivity contribution in [1.29, 1.82) is 0 Å². The van der Waals surface area contributed by atoms with Crippen molar-refractivity contribution in [2.24, 2.45) is 0 Å². The Morgan fingerprint density at radius 2 is 2.00 bits per heavy atom. The Hall–Kier alpha value is -2.12. The molecule has 0 atom stereocenters. The highest BCUT2D eigenvalue weighted by Crippen LogP contribution is 2.37. The number of amides is 1. The lowest BCUT2D eigenvalue weighted by atomic mass is 9.88. The Labute approximate surface area is 140 Å². The number of nitrogens with zero attached hydrogens (tertiary/aromatic N) is 3. The van der Waals surface area contributed by atoms with Crippen LogP contribution in [0.1, 0.15) is 26.5 Å². The summed E-state index contributed by atoms with van der Waals surface area (Å²) in [5.41, 5.74) is -0.379. The van der Waals surface area contributed by atoms with E-state index in [-0.39, 0.29) is 19.7 Å². The van der Waals surface area contributed by atoms with E-state index in [1.807, 2.05) is 24.3 Å². The van der Waals surface area contributed by atoms with Gasteiger partial charge in [0.1, 0.15) is 11.2 Å². The largest absolute Gasteiger partial charge is 0.444 e. The number of ether oxygens (including phenoxy) is 1. The molecule has 0 spiro atoms. The lowest BCUT2D eigenvalue weighted by Gasteiger charge is -2.46. The predicted molar refractivity (Wildman–Crippen MR) is 88.5 cm³/mol. The topological polar surface area (TPSA) is 87.8 Å². The summed E-state index contributed by atoms with van der Waals surface area (Å²) in [5.74, 6) is 0. The van der Waals surface area contributed by atoms with Crippen molar-refractivity contribution in [3.63, 3.8) is 0 Å². The SMILES string of the molecule is CC(C)(C)OC(=O)N1CC(O)(c2c3ccccc3nn2CCO)C1. The van der Waals surface area contributed by atoms with Crippen LogP contribution in [0.25, 0.3) is 10.9 Å². The summed E-state index contributed by atoms with van der Waals surface area (Å²) in [6.07, 6.45) is -0.440. The minimum Gasteiger partial charge on any atom is -0.444 e. The Balaban J connectivity index is 1.86. The second-order valence-electron chi connectivity index (χ2n) is 7.18. The minimum absolute atomic E-state index is 0.0765. The zero-order valence-electron chi connectivity index (χ0n) is 14.2. The van der Waals surface area contributed by atoms with Gasteiger partial charge in [0.15, 0.2) is 0 Å². The molecule has 0 radical (unpaired) electrons. The van der Waals surface area contributed by atoms with Gasteiger partial charge in [-0.25, -0.2) is 4.79 Å². The normalized spacial score (nSPS) is 17.0. The molecule has 24 heavy (non-hydrogen) atoms. The van der Waals surface area contributed by atoms with E-state index in [1.165, 1.54) is 4.90 Å². The highest BCUT2D eigenvalue weighted by Gasteiger charge is 2.49. The van der Waals surface area contributed by atoms with E-state index >= 15 is 0 Å². The minimum atomic E-state index is -1.19. The summed E-state index contributed by atoms with van der Waals surface area (Å²) in [5, 5.41) is 25.5. The first-order chi connectivity index (χ1) is 11.2. The Morgan fingerprint density at radius 3 is 2.62 bits per heavy atom. The number of β-amino-alcohol motifs (C(OH)–C–C–N with tert-alkyl or cyclic N) is 1. The van der Waals surface area contributed by atoms with Gasteiger partial charge in [-0.05, 0) is 26.8 Å². The molecule has 0 unspecified atom stereocenters. The van der Waals surface area contributed by atoms with Gasteiger partial charge in [-0.1, -0.05) is 18.2 Å². The predicted octanol–water partition coefficient (Wildman–Crippen LogP) is 1.47. The van der Waals surface area contributed by atoms with Crippen molar-refractivity contribution in [3.8, 4) is 0 Å². The number of carbonyl (C=O) groups excluding carboxylic acids is 1. The second kappa shape index (κ2) is 5.75. The van der Waals surface area contributed by atoms with Gasteiger partial charge in [-0.3, -0.25) is 4.68 Å². The van der Waals surface area contributed by atoms with Gasteiger partial charge in [-0.15, -0.1) is 0 Å². The first kappa shape index (κ1) is 16.7. The van der Waals surface area contributed by atoms with Gasteiger partial charge in [0.25, 0.3) is 0 Å². The van der Waals surface area contributed by atoms with Crippen molar-refractivity contribution in [1.82, 2.24) is 14.7 Å². The maximum Gasteiger partial charge on any atom is 0.410 e. The van der Waals surface area contributed by atoms with Gasteiger partial charge in [0.2, 0.25) is 0 Å². The Bertz CT molecular complexity index is 757. The van der Waals surface area contributed by atoms with Crippen molar-refractivity contribution in [2.75, 3.05) is 19.7 Å². The molecule has 1 aromatic heterocycles. The maximum atomic E-state index is 12.1. The Kier molecular flexibility index (Phi) is 4.01. The molecule has 2 aromatic rings. The Morgan fingerprint density at radius 1 is 1.33 bits per heavy atom. The molecule has 1 aromatic carbocycles. The van der Waals surface area contributed by atoms with Crippen LogP contribution in [0.5, 0.6) is 0 Å². The molecule has 1 aliphatic heterocycles. The third-order valence-electron chi connectivity index (χ3n) is 3.95. The number of aromatic nitrogens is 2. The van der Waals surface area contributed by atoms with Crippen LogP contribution in [0.2, 0.25) is 0 Å². The molecule has 3 rings (SSSR count). The van der Waals surface area contributed by atoms with E-state index in [2.05, 4.69) is 5.10 Å². The fourth-order valence-corrected chi connectivity index (χ4v) is 3.02. The molecule has 7 nitrogen and oxygen atoms in total. The zero-order chi connectivity index (χ0) is 17.5. The fraction of sp³-hybridized carbons (Fsp3) is 0.529. The van der Waals surface area contributed by atoms with Crippen molar-refractivity contribution < 1.29 is 19.7 Å². The third-order valence-corrected chi connectivity index (χ3v) is 3.95. The first-order valence-electron chi connectivity index (χ1n) is 8.01. The summed E-state index contributed by atoms with van der Waals surface area (Å²) in [4.78, 5) is 13.6. The average Bonchev–Trinajstić information content (AvgIpc) is 2.81. The van der Waals surface area contributed by atoms with E-state index < -0.39 is 17.3 Å². The smallest absolute Gasteiger partial charge is 0.410 e. The number of likely N-dealkylation sites (tertiary alicyclic amines) is 1. The lowest BCUT2D eigenvalue weighted by Crippen LogP contribution is -2.62. The van der Waals surface area contributed by atoms with Crippen LogP contribution in [0.4, 0.5) is 4.79 Å². The zero-order valence-corrected chi connectivity index (χ0v) is 14.2. The maximum absolute atomic E-state index is 12.1. The molecular formula is C17H23N3O4. The average molecular weight is 333 g/mol. The van der Waals surface area contributed by atoms with Crippen molar-refractivity contribution in [2.45, 2.75) is 38.5 Å². The molecule has 0 bridgehead atoms. The molecule has 130 valence electrons. The summed E-state index contributed by atoms with van der Waals surface area (Å²) < 4.78 is 6.95. The molecule has 1 saturated heterocycles. The van der Waals surface area contributed by atoms with Crippen LogP contribution in [-0.2, 0) is 16.9 Å². The molecule has 1 fully saturated rings. The van der Waals surface area contributed by atoms with Gasteiger partial charge >= 0.3 is 6.09 Å². The summed E-state index contributed by atoms with van der Waals surface area (Å²) >= 11 is 0. The van der Waals surface area contributed by atoms with E-state index in [1.54, 1.807) is 25.5 Å². The summed E-state index contributed by atoms with van der Waals surface area (Å²) in [6.45, 7) is 5.92. The number of carbonyl (C=O) groups is 1. The second-order valence-corrected chi connectivity index (χ2v) is 7.18. The van der Waals surface area contributed by atoms with Crippen LogP contribution in [0.15, 0.2) is 24.3 Å². The van der Waals surface area contributed by atoms with Gasteiger partial charge in [0.05, 0.1) is 37.5 Å². The molecule has 7 heteroatoms. The van der Waals surface area contributed by atoms with Crippen molar-refractivity contribution >= 4 is 17.0 Å². The molecule has 0 aliphatic carbocycles. The van der Waals surface area contributed by atoms with Gasteiger partial charge in [0, 0.05) is 5.39 Å². The number of rotatable bonds is 3. The molecule has 1 aliphatic rings. The van der Waals surface area contributed by atoms with Crippen LogP contribution in [0.3, 0.4) is 0 Å². The van der Waals surface area contributed by atoms with E-state index in [0.717, 1.165) is 10.9 Å². The highest BCUT2D eigenvalue weighted by atomic mass is 16.6. The standard InChI is InChI=1S/C17H23N3O4/c1-16(2,3)24-15(22)19-10-17(23,11-19)14-12-6-4-5-7-13(12)18-20(14)8-9-21/h4-7,21,23H,8-11H2,1-3H3. The number of benzene rings is 1. The molecular weight excluding hydrogens is 310 g/mol. The number of fused-ring (bicyclic) bond motifs is 1. The summed E-state index contributed by atoms with van der Waals surface area (Å²) in [6, 6.07) is 7.50. The van der Waals surface area contributed by atoms with Crippen LogP contribution >= 0.6 is 0 Å². The number of aliphatic hydroxyl groups excluding tert-OH is 1. The monoisotopic (exact) mass is 333 g/mol. The van der Waals surface area contributed by atoms with E-state index in [0.29, 0.717) is 12.2 Å². The van der Waals surface area contributed by atoms with Crippen LogP contribution < -0.4 is 0 Å². The first-order valence-corrected chi connectivity index (χ1v) is 8.01. The van der Waals surface area contributed by atoms with E-state index in [9.17, 15) is 15.0 Å². The highest BCUT2D eigenvalue weighted by molar-refractivity contribution is 5.83. The van der Waals surface area contributed by atoms with Crippen molar-refractivity contribution in [3.05, 3.63) is 30.0 Å². The molecule has 2 heterocycles. The molecule has 1 amide bonds. The van der Waals surface area contributed by atoms with Crippen LogP contribution in [0, 0.1) is 0 Å². The van der Waals surface area contributed by atoms with Crippen LogP contribution in [-0.4, -0.2) is 56.3 Å². The number of hydrogen-bond donors (Lipinski definition) is 2. The van der Waals surface area contributed by atoms with Gasteiger partial charge in [-0.2, -0.15) is 5.10 Å². The third kappa shape index (κ3) is 2.97. The molecule has 2 N–H and O–H groups in total. The molecule has 0 saturated carbocycles. The number of aliphatic hydroxyl groups is 2. The van der Waals surface area contributed by atoms with E-state index in [4.69, 9.17) is 4.74 Å². The number of hydrogen-bond acceptors (Lipinski definition) is 5. The quantitative estimate of drug-likeness (QED) is 0.888.